The number of halogens is 2. The molecule has 0 aliphatic carbocycles. The molecule has 1 amide bonds. The van der Waals surface area contributed by atoms with Gasteiger partial charge < -0.3 is 10.5 Å². The molecule has 5 nitrogen and oxygen atoms in total. The molecule has 1 aliphatic rings. The Balaban J connectivity index is 1.48. The highest BCUT2D eigenvalue weighted by atomic mass is 35.5. The quantitative estimate of drug-likeness (QED) is 0.649. The van der Waals surface area contributed by atoms with Crippen molar-refractivity contribution in [2.45, 2.75) is 19.6 Å². The van der Waals surface area contributed by atoms with E-state index in [0.717, 1.165) is 29.8 Å². The van der Waals surface area contributed by atoms with E-state index in [4.69, 9.17) is 22.1 Å². The summed E-state index contributed by atoms with van der Waals surface area (Å²) in [7, 11) is 0. The first kappa shape index (κ1) is 20.3. The lowest BCUT2D eigenvalue weighted by atomic mass is 10.0. The van der Waals surface area contributed by atoms with E-state index in [1.54, 1.807) is 30.3 Å². The van der Waals surface area contributed by atoms with Crippen molar-refractivity contribution in [2.75, 3.05) is 13.1 Å². The molecule has 3 aromatic rings. The fourth-order valence-corrected chi connectivity index (χ4v) is 3.90. The maximum atomic E-state index is 14.2. The summed E-state index contributed by atoms with van der Waals surface area (Å²) in [6.45, 7) is 1.83. The molecule has 7 heteroatoms. The van der Waals surface area contributed by atoms with Crippen molar-refractivity contribution in [3.05, 3.63) is 82.3 Å². The van der Waals surface area contributed by atoms with Crippen LogP contribution in [0.25, 0.3) is 11.1 Å². The van der Waals surface area contributed by atoms with Crippen LogP contribution in [0, 0.1) is 5.82 Å². The molecule has 30 heavy (non-hydrogen) atoms. The Morgan fingerprint density at radius 2 is 1.93 bits per heavy atom. The molecule has 0 radical (unpaired) electrons. The fourth-order valence-electron chi connectivity index (χ4n) is 3.62. The monoisotopic (exact) mass is 425 g/mol. The molecular weight excluding hydrogens is 405 g/mol. The molecule has 1 aliphatic heterocycles. The summed E-state index contributed by atoms with van der Waals surface area (Å²) in [5.41, 5.74) is 9.14. The zero-order valence-electron chi connectivity index (χ0n) is 16.3. The molecule has 0 bridgehead atoms. The van der Waals surface area contributed by atoms with Crippen LogP contribution < -0.4 is 10.5 Å². The Morgan fingerprint density at radius 1 is 1.13 bits per heavy atom. The summed E-state index contributed by atoms with van der Waals surface area (Å²) in [5.74, 6) is -0.149. The molecule has 2 aromatic carbocycles. The third-order valence-electron chi connectivity index (χ3n) is 5.10. The van der Waals surface area contributed by atoms with Gasteiger partial charge in [0.2, 0.25) is 11.8 Å². The van der Waals surface area contributed by atoms with Gasteiger partial charge in [0, 0.05) is 42.3 Å². The van der Waals surface area contributed by atoms with Crippen LogP contribution in [-0.4, -0.2) is 28.9 Å². The van der Waals surface area contributed by atoms with Crippen LogP contribution >= 0.6 is 11.6 Å². The molecule has 0 fully saturated rings. The van der Waals surface area contributed by atoms with Gasteiger partial charge in [0.25, 0.3) is 0 Å². The van der Waals surface area contributed by atoms with Gasteiger partial charge in [-0.3, -0.25) is 9.69 Å². The van der Waals surface area contributed by atoms with Gasteiger partial charge in [0.05, 0.1) is 17.3 Å². The van der Waals surface area contributed by atoms with Crippen molar-refractivity contribution in [1.29, 1.82) is 0 Å². The van der Waals surface area contributed by atoms with Crippen LogP contribution in [0.1, 0.15) is 16.8 Å². The van der Waals surface area contributed by atoms with Crippen LogP contribution in [0.3, 0.4) is 0 Å². The first-order valence-corrected chi connectivity index (χ1v) is 10.0. The number of fused-ring (bicyclic) bond motifs is 1. The van der Waals surface area contributed by atoms with Gasteiger partial charge in [-0.05, 0) is 11.6 Å². The number of hydrogen-bond acceptors (Lipinski definition) is 4. The van der Waals surface area contributed by atoms with E-state index in [1.165, 1.54) is 6.07 Å². The van der Waals surface area contributed by atoms with Crippen molar-refractivity contribution in [1.82, 2.24) is 9.88 Å². The van der Waals surface area contributed by atoms with E-state index >= 15 is 0 Å². The zero-order valence-corrected chi connectivity index (χ0v) is 17.0. The summed E-state index contributed by atoms with van der Waals surface area (Å²) < 4.78 is 20.0. The maximum Gasteiger partial charge on any atom is 0.231 e. The molecule has 1 aromatic heterocycles. The lowest BCUT2D eigenvalue weighted by Crippen LogP contribution is -2.37. The Morgan fingerprint density at radius 3 is 2.73 bits per heavy atom. The minimum atomic E-state index is -0.333. The zero-order chi connectivity index (χ0) is 21.1. The Hall–Kier alpha value is -2.96. The maximum absolute atomic E-state index is 14.2. The number of pyridine rings is 1. The van der Waals surface area contributed by atoms with E-state index in [9.17, 15) is 9.18 Å². The normalized spacial score (nSPS) is 13.7. The number of primary amides is 1. The fraction of sp³-hybridized carbons (Fsp3) is 0.217. The number of amides is 1. The minimum Gasteiger partial charge on any atom is -0.473 e. The highest BCUT2D eigenvalue weighted by molar-refractivity contribution is 6.34. The number of aromatic nitrogens is 1. The van der Waals surface area contributed by atoms with E-state index in [2.05, 4.69) is 4.98 Å². The molecule has 0 unspecified atom stereocenters. The number of carbonyl (C=O) groups is 1. The number of ether oxygens (including phenoxy) is 1. The summed E-state index contributed by atoms with van der Waals surface area (Å²) >= 11 is 6.54. The molecule has 2 N–H and O–H groups in total. The van der Waals surface area contributed by atoms with E-state index < -0.39 is 0 Å². The molecule has 4 rings (SSSR count). The smallest absolute Gasteiger partial charge is 0.231 e. The third-order valence-corrected chi connectivity index (χ3v) is 5.55. The molecule has 0 spiro atoms. The van der Waals surface area contributed by atoms with Crippen LogP contribution in [0.2, 0.25) is 5.02 Å². The largest absolute Gasteiger partial charge is 0.473 e. The SMILES string of the molecule is NC(=O)CN1CCc2nc(OCc3cccc(-c4ccccc4F)c3Cl)ccc2C1. The van der Waals surface area contributed by atoms with Gasteiger partial charge in [-0.1, -0.05) is 54.1 Å². The first-order valence-electron chi connectivity index (χ1n) is 9.66. The van der Waals surface area contributed by atoms with Crippen LogP contribution in [0.15, 0.2) is 54.6 Å². The Kier molecular flexibility index (Phi) is 5.97. The minimum absolute atomic E-state index is 0.223. The summed E-state index contributed by atoms with van der Waals surface area (Å²) in [4.78, 5) is 17.7. The summed E-state index contributed by atoms with van der Waals surface area (Å²) in [6, 6.07) is 15.8. The number of benzene rings is 2. The topological polar surface area (TPSA) is 68.5 Å². The standard InChI is InChI=1S/C23H21ClFN3O2/c24-23-16(4-3-6-18(23)17-5-1-2-7-19(17)25)14-30-22-9-8-15-12-28(13-21(26)29)11-10-20(15)27-22/h1-9H,10-14H2,(H2,26,29). The second kappa shape index (κ2) is 8.81. The van der Waals surface area contributed by atoms with Gasteiger partial charge >= 0.3 is 0 Å². The molecule has 0 saturated heterocycles. The molecule has 154 valence electrons. The van der Waals surface area contributed by atoms with Gasteiger partial charge in [0.15, 0.2) is 0 Å². The Labute approximate surface area is 179 Å². The highest BCUT2D eigenvalue weighted by Gasteiger charge is 2.19. The second-order valence-electron chi connectivity index (χ2n) is 7.23. The summed E-state index contributed by atoms with van der Waals surface area (Å²) in [5, 5.41) is 0.461. The molecule has 2 heterocycles. The first-order chi connectivity index (χ1) is 14.5. The third kappa shape index (κ3) is 4.45. The predicted molar refractivity (Wildman–Crippen MR) is 114 cm³/mol. The lowest BCUT2D eigenvalue weighted by molar-refractivity contribution is -0.119. The number of rotatable bonds is 6. The number of carbonyl (C=O) groups excluding carboxylic acids is 1. The molecule has 0 atom stereocenters. The lowest BCUT2D eigenvalue weighted by Gasteiger charge is -2.27. The number of hydrogen-bond donors (Lipinski definition) is 1. The van der Waals surface area contributed by atoms with Crippen molar-refractivity contribution >= 4 is 17.5 Å². The second-order valence-corrected chi connectivity index (χ2v) is 7.61. The summed E-state index contributed by atoms with van der Waals surface area (Å²) in [6.07, 6.45) is 0.726. The van der Waals surface area contributed by atoms with Crippen LogP contribution in [0.4, 0.5) is 4.39 Å². The van der Waals surface area contributed by atoms with E-state index in [-0.39, 0.29) is 24.9 Å². The molecule has 0 saturated carbocycles. The predicted octanol–water partition coefficient (Wildman–Crippen LogP) is 3.96. The van der Waals surface area contributed by atoms with Crippen molar-refractivity contribution in [2.24, 2.45) is 5.73 Å². The van der Waals surface area contributed by atoms with Gasteiger partial charge in [-0.15, -0.1) is 0 Å². The highest BCUT2D eigenvalue weighted by Crippen LogP contribution is 2.33. The van der Waals surface area contributed by atoms with Crippen LogP contribution in [-0.2, 0) is 24.4 Å². The van der Waals surface area contributed by atoms with Crippen molar-refractivity contribution in [3.63, 3.8) is 0 Å². The van der Waals surface area contributed by atoms with Gasteiger partial charge in [-0.25, -0.2) is 9.37 Å². The average molecular weight is 426 g/mol. The van der Waals surface area contributed by atoms with Crippen molar-refractivity contribution in [3.8, 4) is 17.0 Å². The van der Waals surface area contributed by atoms with E-state index in [0.29, 0.717) is 28.6 Å². The van der Waals surface area contributed by atoms with Gasteiger partial charge in [0.1, 0.15) is 12.4 Å². The Bertz CT molecular complexity index is 1090. The number of nitrogens with zero attached hydrogens (tertiary/aromatic N) is 2. The van der Waals surface area contributed by atoms with Gasteiger partial charge in [-0.2, -0.15) is 0 Å². The molecular formula is C23H21ClFN3O2. The van der Waals surface area contributed by atoms with Crippen LogP contribution in [0.5, 0.6) is 5.88 Å². The number of nitrogens with two attached hydrogens (primary N) is 1. The average Bonchev–Trinajstić information content (AvgIpc) is 2.73. The van der Waals surface area contributed by atoms with E-state index in [1.807, 2.05) is 23.1 Å². The van der Waals surface area contributed by atoms with Crippen molar-refractivity contribution < 1.29 is 13.9 Å².